The summed E-state index contributed by atoms with van der Waals surface area (Å²) in [7, 11) is 0. The zero-order valence-electron chi connectivity index (χ0n) is 18.7. The number of ketones is 2. The molecule has 0 aromatic carbocycles. The van der Waals surface area contributed by atoms with E-state index in [0.717, 1.165) is 13.0 Å². The van der Waals surface area contributed by atoms with E-state index in [0.29, 0.717) is 0 Å². The van der Waals surface area contributed by atoms with E-state index in [1.807, 2.05) is 0 Å². The summed E-state index contributed by atoms with van der Waals surface area (Å²) in [5, 5.41) is 21.0. The van der Waals surface area contributed by atoms with Crippen molar-refractivity contribution in [3.05, 3.63) is 23.8 Å². The number of halogens is 2. The standard InChI is InChI=1S/C24H30F2O6/c1-12-7-15-16-9-18(25)17-8-14(29)5-6-21(17,3)23(16,26)19(30)10-22(15,4)24(12,20(31)11-27)32-13(2)28/h5-6,8,12,15-16,18-19,27,30H,7,9-11H2,1-4H3/t12-,15?,16?,18+,19+,21+,22+,23?,24-/m1/s1. The highest BCUT2D eigenvalue weighted by Gasteiger charge is 2.77. The van der Waals surface area contributed by atoms with Crippen LogP contribution >= 0.6 is 0 Å². The number of fused-ring (bicyclic) bond motifs is 5. The van der Waals surface area contributed by atoms with Crippen LogP contribution in [0.15, 0.2) is 23.8 Å². The lowest BCUT2D eigenvalue weighted by Crippen LogP contribution is -2.71. The van der Waals surface area contributed by atoms with Crippen LogP contribution in [0.4, 0.5) is 8.78 Å². The predicted octanol–water partition coefficient (Wildman–Crippen LogP) is 2.41. The third-order valence-corrected chi connectivity index (χ3v) is 9.03. The van der Waals surface area contributed by atoms with Gasteiger partial charge in [0.2, 0.25) is 5.78 Å². The number of ether oxygens (including phenoxy) is 1. The Morgan fingerprint density at radius 3 is 2.50 bits per heavy atom. The van der Waals surface area contributed by atoms with Crippen LogP contribution in [0.3, 0.4) is 0 Å². The fraction of sp³-hybridized carbons (Fsp3) is 0.708. The molecule has 4 rings (SSSR count). The van der Waals surface area contributed by atoms with Crippen LogP contribution in [-0.4, -0.2) is 57.9 Å². The Morgan fingerprint density at radius 1 is 1.25 bits per heavy atom. The number of Topliss-reactive ketones (excluding diaryl/α,β-unsaturated/α-hetero) is 1. The molecular formula is C24H30F2O6. The molecule has 0 amide bonds. The summed E-state index contributed by atoms with van der Waals surface area (Å²) >= 11 is 0. The van der Waals surface area contributed by atoms with Gasteiger partial charge in [0.1, 0.15) is 12.8 Å². The van der Waals surface area contributed by atoms with Gasteiger partial charge in [-0.3, -0.25) is 14.4 Å². The highest BCUT2D eigenvalue weighted by atomic mass is 19.1. The summed E-state index contributed by atoms with van der Waals surface area (Å²) in [5.41, 5.74) is -6.74. The SMILES string of the molecule is CC(=O)O[C@@]1(C(=O)CO)[C@H](C)CC2C3C[C@H](F)C4=CC(=O)C=C[C@]4(C)C3(F)[C@@H](O)C[C@@]21C. The highest BCUT2D eigenvalue weighted by Crippen LogP contribution is 2.71. The minimum absolute atomic E-state index is 0.0233. The molecule has 0 bridgehead atoms. The number of esters is 1. The number of allylic oxidation sites excluding steroid dienone is 4. The van der Waals surface area contributed by atoms with Crippen molar-refractivity contribution in [3.8, 4) is 0 Å². The molecule has 32 heavy (non-hydrogen) atoms. The molecule has 0 heterocycles. The molecule has 3 unspecified atom stereocenters. The zero-order chi connectivity index (χ0) is 23.9. The molecule has 0 saturated heterocycles. The number of hydrogen-bond acceptors (Lipinski definition) is 6. The number of alkyl halides is 2. The number of carbonyl (C=O) groups is 3. The topological polar surface area (TPSA) is 101 Å². The van der Waals surface area contributed by atoms with Crippen LogP contribution in [0, 0.1) is 28.6 Å². The molecule has 0 spiro atoms. The molecule has 2 N–H and O–H groups in total. The van der Waals surface area contributed by atoms with Gasteiger partial charge in [-0.15, -0.1) is 0 Å². The molecule has 0 aliphatic heterocycles. The Bertz CT molecular complexity index is 945. The average molecular weight is 452 g/mol. The fourth-order valence-corrected chi connectivity index (χ4v) is 7.74. The van der Waals surface area contributed by atoms with Crippen molar-refractivity contribution in [3.63, 3.8) is 0 Å². The lowest BCUT2D eigenvalue weighted by Gasteiger charge is -2.63. The van der Waals surface area contributed by atoms with Gasteiger partial charge in [-0.05, 0) is 49.8 Å². The van der Waals surface area contributed by atoms with Crippen LogP contribution in [0.1, 0.15) is 47.0 Å². The van der Waals surface area contributed by atoms with Crippen LogP contribution < -0.4 is 0 Å². The van der Waals surface area contributed by atoms with Crippen molar-refractivity contribution >= 4 is 17.5 Å². The van der Waals surface area contributed by atoms with E-state index in [1.54, 1.807) is 13.8 Å². The first-order valence-corrected chi connectivity index (χ1v) is 11.1. The summed E-state index contributed by atoms with van der Waals surface area (Å²) in [6.07, 6.45) is 0.273. The van der Waals surface area contributed by atoms with Crippen molar-refractivity contribution in [2.45, 2.75) is 70.5 Å². The molecule has 8 heteroatoms. The van der Waals surface area contributed by atoms with Crippen LogP contribution in [-0.2, 0) is 19.1 Å². The Morgan fingerprint density at radius 2 is 1.91 bits per heavy atom. The number of aliphatic hydroxyl groups is 2. The molecule has 3 saturated carbocycles. The van der Waals surface area contributed by atoms with E-state index in [-0.39, 0.29) is 24.8 Å². The first-order chi connectivity index (χ1) is 14.8. The summed E-state index contributed by atoms with van der Waals surface area (Å²) in [6, 6.07) is 0. The lowest BCUT2D eigenvalue weighted by molar-refractivity contribution is -0.231. The smallest absolute Gasteiger partial charge is 0.303 e. The van der Waals surface area contributed by atoms with Gasteiger partial charge >= 0.3 is 5.97 Å². The minimum Gasteiger partial charge on any atom is -0.450 e. The van der Waals surface area contributed by atoms with Gasteiger partial charge in [0, 0.05) is 29.6 Å². The molecule has 0 radical (unpaired) electrons. The second kappa shape index (κ2) is 7.03. The molecule has 0 aromatic rings. The maximum Gasteiger partial charge on any atom is 0.303 e. The highest BCUT2D eigenvalue weighted by molar-refractivity contribution is 6.01. The quantitative estimate of drug-likeness (QED) is 0.638. The third kappa shape index (κ3) is 2.54. The first kappa shape index (κ1) is 23.2. The summed E-state index contributed by atoms with van der Waals surface area (Å²) in [5.74, 6) is -3.99. The maximum atomic E-state index is 17.1. The lowest BCUT2D eigenvalue weighted by atomic mass is 9.44. The van der Waals surface area contributed by atoms with Gasteiger partial charge in [-0.2, -0.15) is 0 Å². The van der Waals surface area contributed by atoms with Crippen molar-refractivity contribution in [2.75, 3.05) is 6.61 Å². The van der Waals surface area contributed by atoms with E-state index in [1.165, 1.54) is 19.1 Å². The van der Waals surface area contributed by atoms with E-state index >= 15 is 8.78 Å². The second-order valence-corrected chi connectivity index (χ2v) is 10.4. The maximum absolute atomic E-state index is 17.1. The number of carbonyl (C=O) groups excluding carboxylic acids is 3. The van der Waals surface area contributed by atoms with E-state index in [4.69, 9.17) is 4.74 Å². The number of aliphatic hydroxyl groups excluding tert-OH is 2. The predicted molar refractivity (Wildman–Crippen MR) is 110 cm³/mol. The van der Waals surface area contributed by atoms with Gasteiger partial charge in [-0.25, -0.2) is 8.78 Å². The van der Waals surface area contributed by atoms with Gasteiger partial charge in [0.05, 0.1) is 6.10 Å². The van der Waals surface area contributed by atoms with Gasteiger partial charge in [0.15, 0.2) is 17.1 Å². The Hall–Kier alpha value is -1.93. The fourth-order valence-electron chi connectivity index (χ4n) is 7.74. The molecule has 176 valence electrons. The molecule has 6 nitrogen and oxygen atoms in total. The molecule has 4 aliphatic carbocycles. The average Bonchev–Trinajstić information content (AvgIpc) is 2.92. The van der Waals surface area contributed by atoms with Gasteiger partial charge in [0.25, 0.3) is 0 Å². The number of hydrogen-bond donors (Lipinski definition) is 2. The largest absolute Gasteiger partial charge is 0.450 e. The Kier molecular flexibility index (Phi) is 5.11. The zero-order valence-corrected chi connectivity index (χ0v) is 18.7. The Balaban J connectivity index is 1.89. The van der Waals surface area contributed by atoms with E-state index in [9.17, 15) is 24.6 Å². The Labute approximate surface area is 185 Å². The first-order valence-electron chi connectivity index (χ1n) is 11.1. The van der Waals surface area contributed by atoms with Crippen molar-refractivity contribution in [1.29, 1.82) is 0 Å². The molecule has 0 aromatic heterocycles. The van der Waals surface area contributed by atoms with Crippen molar-refractivity contribution in [2.24, 2.45) is 28.6 Å². The monoisotopic (exact) mass is 452 g/mol. The van der Waals surface area contributed by atoms with Crippen molar-refractivity contribution in [1.82, 2.24) is 0 Å². The summed E-state index contributed by atoms with van der Waals surface area (Å²) in [6.45, 7) is 5.16. The molecule has 4 aliphatic rings. The summed E-state index contributed by atoms with van der Waals surface area (Å²) < 4.78 is 38.1. The van der Waals surface area contributed by atoms with E-state index in [2.05, 4.69) is 0 Å². The third-order valence-electron chi connectivity index (χ3n) is 9.03. The van der Waals surface area contributed by atoms with Crippen LogP contribution in [0.25, 0.3) is 0 Å². The normalized spacial score (nSPS) is 49.6. The number of rotatable bonds is 3. The van der Waals surface area contributed by atoms with E-state index < -0.39 is 76.3 Å². The molecule has 9 atom stereocenters. The minimum atomic E-state index is -2.28. The molecule has 3 fully saturated rings. The van der Waals surface area contributed by atoms with Crippen LogP contribution in [0.2, 0.25) is 0 Å². The van der Waals surface area contributed by atoms with Gasteiger partial charge < -0.3 is 14.9 Å². The molecular weight excluding hydrogens is 422 g/mol. The van der Waals surface area contributed by atoms with Gasteiger partial charge in [-0.1, -0.05) is 19.9 Å². The van der Waals surface area contributed by atoms with Crippen LogP contribution in [0.5, 0.6) is 0 Å². The van der Waals surface area contributed by atoms with Crippen molar-refractivity contribution < 1.29 is 38.1 Å². The summed E-state index contributed by atoms with van der Waals surface area (Å²) in [4.78, 5) is 37.0. The second-order valence-electron chi connectivity index (χ2n) is 10.4.